The van der Waals surface area contributed by atoms with Crippen LogP contribution in [0.15, 0.2) is 18.2 Å². The van der Waals surface area contributed by atoms with Gasteiger partial charge in [-0.1, -0.05) is 32.0 Å². The summed E-state index contributed by atoms with van der Waals surface area (Å²) in [5.74, 6) is -0.249. The minimum atomic E-state index is -3.62. The predicted molar refractivity (Wildman–Crippen MR) is 106 cm³/mol. The molecule has 0 spiro atoms. The molecule has 0 N–H and O–H groups in total. The lowest BCUT2D eigenvalue weighted by molar-refractivity contribution is -0.137. The molecule has 0 aromatic heterocycles. The zero-order valence-corrected chi connectivity index (χ0v) is 17.4. The van der Waals surface area contributed by atoms with Gasteiger partial charge in [0.2, 0.25) is 21.8 Å². The zero-order chi connectivity index (χ0) is 20.2. The molecule has 0 aliphatic carbocycles. The number of rotatable bonds is 6. The number of benzene rings is 1. The first-order valence-electron chi connectivity index (χ1n) is 9.30. The third-order valence-electron chi connectivity index (χ3n) is 4.97. The van der Waals surface area contributed by atoms with Crippen molar-refractivity contribution in [3.8, 4) is 0 Å². The van der Waals surface area contributed by atoms with Crippen LogP contribution in [-0.4, -0.2) is 69.0 Å². The fourth-order valence-electron chi connectivity index (χ4n) is 3.39. The summed E-state index contributed by atoms with van der Waals surface area (Å²) in [4.78, 5) is 27.6. The Kier molecular flexibility index (Phi) is 6.86. The molecule has 0 unspecified atom stereocenters. The van der Waals surface area contributed by atoms with Crippen LogP contribution < -0.4 is 4.31 Å². The van der Waals surface area contributed by atoms with Crippen molar-refractivity contribution in [2.75, 3.05) is 43.3 Å². The van der Waals surface area contributed by atoms with Crippen LogP contribution in [0.2, 0.25) is 0 Å². The van der Waals surface area contributed by atoms with Gasteiger partial charge in [0, 0.05) is 33.1 Å². The molecule has 0 radical (unpaired) electrons. The second-order valence-corrected chi connectivity index (χ2v) is 8.70. The number of hydrogen-bond donors (Lipinski definition) is 0. The first-order chi connectivity index (χ1) is 12.7. The van der Waals surface area contributed by atoms with Gasteiger partial charge in [-0.15, -0.1) is 0 Å². The summed E-state index contributed by atoms with van der Waals surface area (Å²) in [5, 5.41) is 0. The van der Waals surface area contributed by atoms with Crippen molar-refractivity contribution in [1.82, 2.24) is 9.80 Å². The lowest BCUT2D eigenvalue weighted by Crippen LogP contribution is -2.52. The molecular weight excluding hydrogens is 366 g/mol. The van der Waals surface area contributed by atoms with Crippen LogP contribution in [0.25, 0.3) is 0 Å². The number of amides is 2. The highest BCUT2D eigenvalue weighted by atomic mass is 32.2. The fourth-order valence-corrected chi connectivity index (χ4v) is 4.30. The Hall–Kier alpha value is -2.09. The average Bonchev–Trinajstić information content (AvgIpc) is 2.64. The van der Waals surface area contributed by atoms with E-state index in [0.29, 0.717) is 44.7 Å². The van der Waals surface area contributed by atoms with Crippen molar-refractivity contribution in [1.29, 1.82) is 0 Å². The lowest BCUT2D eigenvalue weighted by Gasteiger charge is -2.35. The maximum Gasteiger partial charge on any atom is 0.243 e. The summed E-state index contributed by atoms with van der Waals surface area (Å²) in [6, 6.07) is 5.73. The summed E-state index contributed by atoms with van der Waals surface area (Å²) in [6.45, 7) is 7.04. The maximum absolute atomic E-state index is 12.8. The van der Waals surface area contributed by atoms with Crippen molar-refractivity contribution in [3.05, 3.63) is 29.3 Å². The standard InChI is InChI=1S/C19H29N3O4S/c1-5-16-8-7-9-17(6-2)19(16)22(27(4,25)26)14-18(24)21-12-10-20(11-13-21)15(3)23/h7-9H,5-6,10-14H2,1-4H3. The van der Waals surface area contributed by atoms with Crippen LogP contribution in [-0.2, 0) is 32.5 Å². The first-order valence-corrected chi connectivity index (χ1v) is 11.2. The van der Waals surface area contributed by atoms with Crippen molar-refractivity contribution in [3.63, 3.8) is 0 Å². The van der Waals surface area contributed by atoms with Gasteiger partial charge in [-0.05, 0) is 24.0 Å². The number of anilines is 1. The fraction of sp³-hybridized carbons (Fsp3) is 0.579. The van der Waals surface area contributed by atoms with Crippen LogP contribution in [0.3, 0.4) is 0 Å². The number of carbonyl (C=O) groups is 2. The molecule has 1 aliphatic rings. The number of piperazine rings is 1. The van der Waals surface area contributed by atoms with Gasteiger partial charge in [-0.3, -0.25) is 13.9 Å². The molecule has 7 nitrogen and oxygen atoms in total. The molecule has 150 valence electrons. The minimum absolute atomic E-state index is 0.00989. The quantitative estimate of drug-likeness (QED) is 0.727. The van der Waals surface area contributed by atoms with E-state index in [1.165, 1.54) is 11.2 Å². The molecule has 1 aromatic carbocycles. The molecule has 1 saturated heterocycles. The van der Waals surface area contributed by atoms with Gasteiger partial charge in [0.15, 0.2) is 0 Å². The van der Waals surface area contributed by atoms with Crippen LogP contribution in [0.4, 0.5) is 5.69 Å². The number of carbonyl (C=O) groups excluding carboxylic acids is 2. The van der Waals surface area contributed by atoms with E-state index in [-0.39, 0.29) is 18.4 Å². The summed E-state index contributed by atoms with van der Waals surface area (Å²) in [7, 11) is -3.62. The van der Waals surface area contributed by atoms with E-state index in [2.05, 4.69) is 0 Å². The molecule has 1 heterocycles. The minimum Gasteiger partial charge on any atom is -0.339 e. The summed E-state index contributed by atoms with van der Waals surface area (Å²) >= 11 is 0. The number of sulfonamides is 1. The number of aryl methyl sites for hydroxylation is 2. The van der Waals surface area contributed by atoms with Gasteiger partial charge in [0.25, 0.3) is 0 Å². The summed E-state index contributed by atoms with van der Waals surface area (Å²) in [5.41, 5.74) is 2.45. The van der Waals surface area contributed by atoms with Gasteiger partial charge in [0.1, 0.15) is 6.54 Å². The Bertz CT molecular complexity index is 777. The molecule has 0 bridgehead atoms. The lowest BCUT2D eigenvalue weighted by atomic mass is 10.0. The van der Waals surface area contributed by atoms with Crippen LogP contribution in [0.5, 0.6) is 0 Å². The van der Waals surface area contributed by atoms with Gasteiger partial charge < -0.3 is 9.80 Å². The molecule has 0 saturated carbocycles. The number of para-hydroxylation sites is 1. The zero-order valence-electron chi connectivity index (χ0n) is 16.6. The molecule has 2 rings (SSSR count). The van der Waals surface area contributed by atoms with E-state index >= 15 is 0 Å². The summed E-state index contributed by atoms with van der Waals surface area (Å²) < 4.78 is 26.3. The van der Waals surface area contributed by atoms with Gasteiger partial charge in [-0.25, -0.2) is 8.42 Å². The molecule has 1 fully saturated rings. The Morgan fingerprint density at radius 3 is 1.89 bits per heavy atom. The molecule has 1 aliphatic heterocycles. The second-order valence-electron chi connectivity index (χ2n) is 6.79. The SMILES string of the molecule is CCc1cccc(CC)c1N(CC(=O)N1CCN(C(C)=O)CC1)S(C)(=O)=O. The molecule has 1 aromatic rings. The Morgan fingerprint density at radius 1 is 1.00 bits per heavy atom. The Balaban J connectivity index is 2.27. The molecule has 8 heteroatoms. The topological polar surface area (TPSA) is 78.0 Å². The van der Waals surface area contributed by atoms with Gasteiger partial charge in [0.05, 0.1) is 11.9 Å². The Morgan fingerprint density at radius 2 is 1.48 bits per heavy atom. The normalized spacial score (nSPS) is 15.0. The van der Waals surface area contributed by atoms with Crippen molar-refractivity contribution >= 4 is 27.5 Å². The third-order valence-corrected chi connectivity index (χ3v) is 6.08. The van der Waals surface area contributed by atoms with Crippen molar-refractivity contribution < 1.29 is 18.0 Å². The largest absolute Gasteiger partial charge is 0.339 e. The van der Waals surface area contributed by atoms with Gasteiger partial charge in [-0.2, -0.15) is 0 Å². The molecule has 2 amide bonds. The van der Waals surface area contributed by atoms with Gasteiger partial charge >= 0.3 is 0 Å². The van der Waals surface area contributed by atoms with E-state index in [0.717, 1.165) is 17.4 Å². The van der Waals surface area contributed by atoms with Crippen LogP contribution in [0.1, 0.15) is 31.9 Å². The highest BCUT2D eigenvalue weighted by Gasteiger charge is 2.29. The molecular formula is C19H29N3O4S. The number of hydrogen-bond acceptors (Lipinski definition) is 4. The smallest absolute Gasteiger partial charge is 0.243 e. The molecule has 0 atom stereocenters. The van der Waals surface area contributed by atoms with Crippen molar-refractivity contribution in [2.24, 2.45) is 0 Å². The van der Waals surface area contributed by atoms with E-state index in [9.17, 15) is 18.0 Å². The monoisotopic (exact) mass is 395 g/mol. The number of nitrogens with zero attached hydrogens (tertiary/aromatic N) is 3. The third kappa shape index (κ3) is 5.00. The van der Waals surface area contributed by atoms with Crippen LogP contribution >= 0.6 is 0 Å². The average molecular weight is 396 g/mol. The van der Waals surface area contributed by atoms with E-state index in [1.54, 1.807) is 9.80 Å². The molecule has 27 heavy (non-hydrogen) atoms. The summed E-state index contributed by atoms with van der Waals surface area (Å²) in [6.07, 6.45) is 2.50. The Labute approximate surface area is 162 Å². The van der Waals surface area contributed by atoms with E-state index in [1.807, 2.05) is 32.0 Å². The van der Waals surface area contributed by atoms with E-state index in [4.69, 9.17) is 0 Å². The maximum atomic E-state index is 12.8. The first kappa shape index (κ1) is 21.2. The highest BCUT2D eigenvalue weighted by Crippen LogP contribution is 2.29. The van der Waals surface area contributed by atoms with Crippen molar-refractivity contribution in [2.45, 2.75) is 33.6 Å². The second kappa shape index (κ2) is 8.73. The predicted octanol–water partition coefficient (Wildman–Crippen LogP) is 1.27. The van der Waals surface area contributed by atoms with E-state index < -0.39 is 10.0 Å². The highest BCUT2D eigenvalue weighted by molar-refractivity contribution is 7.92. The van der Waals surface area contributed by atoms with Crippen LogP contribution in [0, 0.1) is 0 Å².